The van der Waals surface area contributed by atoms with Crippen molar-refractivity contribution in [2.75, 3.05) is 12.8 Å². The molecule has 2 aliphatic rings. The Morgan fingerprint density at radius 3 is 2.47 bits per heavy atom. The van der Waals surface area contributed by atoms with Gasteiger partial charge in [-0.2, -0.15) is 11.8 Å². The van der Waals surface area contributed by atoms with Crippen molar-refractivity contribution in [2.45, 2.75) is 48.8 Å². The van der Waals surface area contributed by atoms with Crippen LogP contribution in [-0.2, 0) is 4.79 Å². The van der Waals surface area contributed by atoms with E-state index in [1.54, 1.807) is 0 Å². The van der Waals surface area contributed by atoms with Crippen LogP contribution in [0.2, 0.25) is 0 Å². The van der Waals surface area contributed by atoms with E-state index in [1.807, 2.05) is 11.8 Å². The molecule has 0 saturated heterocycles. The normalized spacial score (nSPS) is 25.5. The summed E-state index contributed by atoms with van der Waals surface area (Å²) in [5.74, 6) is 0.137. The van der Waals surface area contributed by atoms with Gasteiger partial charge in [0.1, 0.15) is 0 Å². The fraction of sp³-hybridized carbons (Fsp3) is 0.909. The van der Waals surface area contributed by atoms with Crippen molar-refractivity contribution in [3.8, 4) is 0 Å². The van der Waals surface area contributed by atoms with Gasteiger partial charge in [-0.1, -0.05) is 0 Å². The van der Waals surface area contributed by atoms with Crippen molar-refractivity contribution in [1.82, 2.24) is 5.32 Å². The van der Waals surface area contributed by atoms with E-state index in [0.29, 0.717) is 11.2 Å². The number of amides is 1. The summed E-state index contributed by atoms with van der Waals surface area (Å²) in [6.45, 7) is 0.822. The lowest BCUT2D eigenvalue weighted by atomic mass is 9.75. The van der Waals surface area contributed by atoms with Crippen LogP contribution in [0, 0.1) is 0 Å². The summed E-state index contributed by atoms with van der Waals surface area (Å²) in [5.41, 5.74) is 5.84. The van der Waals surface area contributed by atoms with Crippen molar-refractivity contribution in [1.29, 1.82) is 0 Å². The van der Waals surface area contributed by atoms with Gasteiger partial charge < -0.3 is 11.1 Å². The van der Waals surface area contributed by atoms with Crippen LogP contribution in [0.5, 0.6) is 0 Å². The van der Waals surface area contributed by atoms with Gasteiger partial charge in [-0.05, 0) is 38.4 Å². The molecule has 2 saturated carbocycles. The van der Waals surface area contributed by atoms with Crippen molar-refractivity contribution in [3.63, 3.8) is 0 Å². The maximum absolute atomic E-state index is 11.6. The average Bonchev–Trinajstić information content (AvgIpc) is 2.93. The molecule has 0 aromatic heterocycles. The SMILES string of the molecule is CSC1(CNC(=O)CC2(N)CCC2)CC1. The first-order chi connectivity index (χ1) is 7.08. The Hall–Kier alpha value is -0.220. The molecular formula is C11H20N2OS. The van der Waals surface area contributed by atoms with E-state index in [0.717, 1.165) is 19.4 Å². The highest BCUT2D eigenvalue weighted by atomic mass is 32.2. The molecular weight excluding hydrogens is 208 g/mol. The molecule has 0 aromatic rings. The van der Waals surface area contributed by atoms with Crippen LogP contribution in [0.4, 0.5) is 0 Å². The van der Waals surface area contributed by atoms with Gasteiger partial charge in [-0.15, -0.1) is 0 Å². The molecule has 0 unspecified atom stereocenters. The third kappa shape index (κ3) is 2.67. The van der Waals surface area contributed by atoms with Crippen molar-refractivity contribution in [3.05, 3.63) is 0 Å². The van der Waals surface area contributed by atoms with Crippen LogP contribution in [-0.4, -0.2) is 29.0 Å². The minimum absolute atomic E-state index is 0.137. The molecule has 1 amide bonds. The summed E-state index contributed by atoms with van der Waals surface area (Å²) >= 11 is 1.87. The Kier molecular flexibility index (Phi) is 2.99. The van der Waals surface area contributed by atoms with E-state index < -0.39 is 0 Å². The first-order valence-electron chi connectivity index (χ1n) is 5.68. The molecule has 0 aromatic carbocycles. The molecule has 2 fully saturated rings. The zero-order valence-electron chi connectivity index (χ0n) is 9.34. The van der Waals surface area contributed by atoms with Gasteiger partial charge in [0.15, 0.2) is 0 Å². The number of hydrogen-bond acceptors (Lipinski definition) is 3. The van der Waals surface area contributed by atoms with Crippen LogP contribution in [0.3, 0.4) is 0 Å². The molecule has 86 valence electrons. The first kappa shape index (κ1) is 11.3. The maximum Gasteiger partial charge on any atom is 0.221 e. The molecule has 0 bridgehead atoms. The Morgan fingerprint density at radius 2 is 2.07 bits per heavy atom. The quantitative estimate of drug-likeness (QED) is 0.745. The van der Waals surface area contributed by atoms with Crippen molar-refractivity contribution < 1.29 is 4.79 Å². The second-order valence-electron chi connectivity index (χ2n) is 5.06. The monoisotopic (exact) mass is 228 g/mol. The second kappa shape index (κ2) is 3.98. The average molecular weight is 228 g/mol. The van der Waals surface area contributed by atoms with E-state index in [4.69, 9.17) is 5.73 Å². The van der Waals surface area contributed by atoms with E-state index >= 15 is 0 Å². The van der Waals surface area contributed by atoms with Crippen LogP contribution >= 0.6 is 11.8 Å². The number of nitrogens with one attached hydrogen (secondary N) is 1. The summed E-state index contributed by atoms with van der Waals surface area (Å²) in [4.78, 5) is 11.6. The lowest BCUT2D eigenvalue weighted by molar-refractivity contribution is -0.123. The van der Waals surface area contributed by atoms with Crippen LogP contribution in [0.1, 0.15) is 38.5 Å². The number of hydrogen-bond donors (Lipinski definition) is 2. The zero-order valence-corrected chi connectivity index (χ0v) is 10.2. The van der Waals surface area contributed by atoms with Gasteiger partial charge in [-0.3, -0.25) is 4.79 Å². The summed E-state index contributed by atoms with van der Waals surface area (Å²) in [6, 6.07) is 0. The maximum atomic E-state index is 11.6. The molecule has 2 aliphatic carbocycles. The van der Waals surface area contributed by atoms with Gasteiger partial charge in [-0.25, -0.2) is 0 Å². The van der Waals surface area contributed by atoms with Crippen LogP contribution in [0.25, 0.3) is 0 Å². The number of carbonyl (C=O) groups excluding carboxylic acids is 1. The minimum atomic E-state index is -0.180. The van der Waals surface area contributed by atoms with Gasteiger partial charge in [0.05, 0.1) is 0 Å². The Labute approximate surface area is 95.6 Å². The highest BCUT2D eigenvalue weighted by Gasteiger charge is 2.42. The summed E-state index contributed by atoms with van der Waals surface area (Å²) in [5, 5.41) is 3.02. The molecule has 4 heteroatoms. The fourth-order valence-corrected chi connectivity index (χ4v) is 2.77. The van der Waals surface area contributed by atoms with Gasteiger partial charge in [0, 0.05) is 23.3 Å². The molecule has 3 nitrogen and oxygen atoms in total. The van der Waals surface area contributed by atoms with E-state index in [1.165, 1.54) is 19.3 Å². The lowest BCUT2D eigenvalue weighted by Gasteiger charge is -2.37. The molecule has 0 aliphatic heterocycles. The third-order valence-corrected chi connectivity index (χ3v) is 5.13. The van der Waals surface area contributed by atoms with Gasteiger partial charge in [0.2, 0.25) is 5.91 Å². The topological polar surface area (TPSA) is 55.1 Å². The molecule has 0 atom stereocenters. The number of carbonyl (C=O) groups is 1. The number of nitrogens with two attached hydrogens (primary N) is 1. The smallest absolute Gasteiger partial charge is 0.221 e. The predicted octanol–water partition coefficient (Wildman–Crippen LogP) is 1.27. The fourth-order valence-electron chi connectivity index (χ4n) is 2.04. The summed E-state index contributed by atoms with van der Waals surface area (Å²) in [7, 11) is 0. The van der Waals surface area contributed by atoms with E-state index in [-0.39, 0.29) is 11.4 Å². The molecule has 0 heterocycles. The number of rotatable bonds is 5. The highest BCUT2D eigenvalue weighted by molar-refractivity contribution is 8.00. The van der Waals surface area contributed by atoms with Crippen LogP contribution in [0.15, 0.2) is 0 Å². The lowest BCUT2D eigenvalue weighted by Crippen LogP contribution is -2.50. The summed E-state index contributed by atoms with van der Waals surface area (Å²) < 4.78 is 0.358. The Balaban J connectivity index is 1.69. The molecule has 0 radical (unpaired) electrons. The number of thioether (sulfide) groups is 1. The van der Waals surface area contributed by atoms with E-state index in [2.05, 4.69) is 11.6 Å². The van der Waals surface area contributed by atoms with E-state index in [9.17, 15) is 4.79 Å². The van der Waals surface area contributed by atoms with Gasteiger partial charge in [0.25, 0.3) is 0 Å². The second-order valence-corrected chi connectivity index (χ2v) is 6.33. The van der Waals surface area contributed by atoms with Crippen molar-refractivity contribution in [2.24, 2.45) is 5.73 Å². The minimum Gasteiger partial charge on any atom is -0.355 e. The molecule has 15 heavy (non-hydrogen) atoms. The zero-order chi connectivity index (χ0) is 10.9. The molecule has 3 N–H and O–H groups in total. The molecule has 2 rings (SSSR count). The first-order valence-corrected chi connectivity index (χ1v) is 6.91. The predicted molar refractivity (Wildman–Crippen MR) is 63.9 cm³/mol. The summed E-state index contributed by atoms with van der Waals surface area (Å²) in [6.07, 6.45) is 8.30. The third-order valence-electron chi connectivity index (χ3n) is 3.71. The highest BCUT2D eigenvalue weighted by Crippen LogP contribution is 2.46. The largest absolute Gasteiger partial charge is 0.355 e. The molecule has 0 spiro atoms. The Bertz CT molecular complexity index is 259. The standard InChI is InChI=1S/C11H20N2OS/c1-15-11(5-6-11)8-13-9(14)7-10(12)3-2-4-10/h2-8,12H2,1H3,(H,13,14). The van der Waals surface area contributed by atoms with Crippen LogP contribution < -0.4 is 11.1 Å². The van der Waals surface area contributed by atoms with Crippen molar-refractivity contribution >= 4 is 17.7 Å². The Morgan fingerprint density at radius 1 is 1.40 bits per heavy atom. The van der Waals surface area contributed by atoms with Gasteiger partial charge >= 0.3 is 0 Å².